The summed E-state index contributed by atoms with van der Waals surface area (Å²) >= 11 is 0. The highest BCUT2D eigenvalue weighted by Gasteiger charge is 2.27. The zero-order chi connectivity index (χ0) is 25.3. The lowest BCUT2D eigenvalue weighted by atomic mass is 9.95. The third-order valence-corrected chi connectivity index (χ3v) is 5.65. The first kappa shape index (κ1) is 26.2. The molecule has 0 fully saturated rings. The van der Waals surface area contributed by atoms with Gasteiger partial charge in [0.2, 0.25) is 5.75 Å². The monoisotopic (exact) mass is 512 g/mol. The largest absolute Gasteiger partial charge is 0.508 e. The number of esters is 1. The van der Waals surface area contributed by atoms with Crippen LogP contribution in [0.25, 0.3) is 27.6 Å². The average Bonchev–Trinajstić information content (AvgIpc) is 2.88. The smallest absolute Gasteiger partial charge is 0.355 e. The number of nitrogens with two attached hydrogens (primary N) is 1. The number of hydrogen-bond donors (Lipinski definition) is 2. The van der Waals surface area contributed by atoms with Gasteiger partial charge in [-0.2, -0.15) is 0 Å². The molecular formula is C26H25ClN2O7. The molecule has 0 radical (unpaired) electrons. The molecule has 4 aromatic rings. The molecule has 0 atom stereocenters. The number of nitrogen functional groups attached to an aromatic ring is 1. The predicted molar refractivity (Wildman–Crippen MR) is 139 cm³/mol. The predicted octanol–water partition coefficient (Wildman–Crippen LogP) is 4.18. The molecule has 0 amide bonds. The number of pyridine rings is 1. The number of anilines is 1. The van der Waals surface area contributed by atoms with Gasteiger partial charge in [0.25, 0.3) is 5.56 Å². The van der Waals surface area contributed by atoms with E-state index in [1.807, 2.05) is 0 Å². The second-order valence-corrected chi connectivity index (χ2v) is 7.59. The Morgan fingerprint density at radius 1 is 0.861 bits per heavy atom. The molecule has 0 bridgehead atoms. The molecule has 1 heterocycles. The zero-order valence-electron chi connectivity index (χ0n) is 20.0. The second-order valence-electron chi connectivity index (χ2n) is 7.59. The number of carbonyl (C=O) groups is 1. The van der Waals surface area contributed by atoms with Crippen LogP contribution in [-0.2, 0) is 4.74 Å². The van der Waals surface area contributed by atoms with Crippen molar-refractivity contribution in [3.63, 3.8) is 0 Å². The second kappa shape index (κ2) is 10.5. The highest BCUT2D eigenvalue weighted by atomic mass is 35.5. The van der Waals surface area contributed by atoms with Crippen molar-refractivity contribution in [1.29, 1.82) is 0 Å². The van der Waals surface area contributed by atoms with Crippen LogP contribution < -0.4 is 25.5 Å². The van der Waals surface area contributed by atoms with E-state index < -0.39 is 11.5 Å². The first-order valence-electron chi connectivity index (χ1n) is 10.5. The quantitative estimate of drug-likeness (QED) is 0.291. The maximum Gasteiger partial charge on any atom is 0.355 e. The molecule has 0 aliphatic carbocycles. The Labute approximate surface area is 213 Å². The van der Waals surface area contributed by atoms with E-state index in [1.165, 1.54) is 45.1 Å². The normalized spacial score (nSPS) is 10.4. The number of hydrogen-bond acceptors (Lipinski definition) is 8. The Hall–Kier alpha value is -4.37. The van der Waals surface area contributed by atoms with E-state index in [0.717, 1.165) is 0 Å². The highest BCUT2D eigenvalue weighted by Crippen LogP contribution is 2.44. The summed E-state index contributed by atoms with van der Waals surface area (Å²) in [6.45, 7) is 0. The van der Waals surface area contributed by atoms with Gasteiger partial charge in [0.15, 0.2) is 11.5 Å². The maximum absolute atomic E-state index is 13.7. The van der Waals surface area contributed by atoms with Crippen LogP contribution in [0.5, 0.6) is 23.0 Å². The van der Waals surface area contributed by atoms with Crippen LogP contribution >= 0.6 is 12.4 Å². The van der Waals surface area contributed by atoms with Crippen molar-refractivity contribution in [2.24, 2.45) is 0 Å². The minimum absolute atomic E-state index is 0. The molecule has 36 heavy (non-hydrogen) atoms. The molecule has 4 rings (SSSR count). The lowest BCUT2D eigenvalue weighted by Crippen LogP contribution is -2.26. The number of nitrogens with zero attached hydrogens (tertiary/aromatic N) is 1. The molecule has 9 nitrogen and oxygen atoms in total. The van der Waals surface area contributed by atoms with Crippen LogP contribution in [0, 0.1) is 0 Å². The number of carbonyl (C=O) groups excluding carboxylic acids is 1. The number of fused-ring (bicyclic) bond motifs is 1. The number of aromatic hydroxyl groups is 1. The van der Waals surface area contributed by atoms with Gasteiger partial charge in [0.1, 0.15) is 11.4 Å². The first-order chi connectivity index (χ1) is 16.8. The molecule has 3 N–H and O–H groups in total. The summed E-state index contributed by atoms with van der Waals surface area (Å²) in [4.78, 5) is 26.9. The van der Waals surface area contributed by atoms with Crippen molar-refractivity contribution in [3.05, 3.63) is 70.6 Å². The zero-order valence-corrected chi connectivity index (χ0v) is 20.8. The van der Waals surface area contributed by atoms with Crippen molar-refractivity contribution in [2.45, 2.75) is 0 Å². The summed E-state index contributed by atoms with van der Waals surface area (Å²) < 4.78 is 22.8. The van der Waals surface area contributed by atoms with Crippen molar-refractivity contribution >= 4 is 34.8 Å². The Balaban J connectivity index is 0.00000361. The fraction of sp³-hybridized carbons (Fsp3) is 0.154. The Morgan fingerprint density at radius 2 is 1.47 bits per heavy atom. The molecule has 10 heteroatoms. The Morgan fingerprint density at radius 3 is 2.00 bits per heavy atom. The topological polar surface area (TPSA) is 122 Å². The summed E-state index contributed by atoms with van der Waals surface area (Å²) in [7, 11) is 5.68. The summed E-state index contributed by atoms with van der Waals surface area (Å²) in [6.07, 6.45) is 0. The van der Waals surface area contributed by atoms with E-state index in [-0.39, 0.29) is 29.2 Å². The fourth-order valence-corrected chi connectivity index (χ4v) is 4.07. The van der Waals surface area contributed by atoms with Gasteiger partial charge in [0, 0.05) is 16.9 Å². The van der Waals surface area contributed by atoms with Crippen LogP contribution in [0.1, 0.15) is 10.5 Å². The maximum atomic E-state index is 13.7. The highest BCUT2D eigenvalue weighted by molar-refractivity contribution is 6.07. The van der Waals surface area contributed by atoms with E-state index in [4.69, 9.17) is 24.7 Å². The number of benzene rings is 3. The third-order valence-electron chi connectivity index (χ3n) is 5.65. The van der Waals surface area contributed by atoms with Gasteiger partial charge < -0.3 is 29.8 Å². The van der Waals surface area contributed by atoms with Crippen LogP contribution in [-0.4, -0.2) is 44.1 Å². The number of aromatic nitrogens is 1. The lowest BCUT2D eigenvalue weighted by Gasteiger charge is -2.20. The van der Waals surface area contributed by atoms with Crippen molar-refractivity contribution < 1.29 is 28.8 Å². The standard InChI is InChI=1S/C26H24N2O7.ClH/c1-32-20-11-14(12-21(33-2)24(20)34-3)22-18-10-9-17(29)13-19(18)25(30)28(23(22)26(31)35-4)16-7-5-15(27)6-8-16;/h5-13,29H,27H2,1-4H3;1H. The van der Waals surface area contributed by atoms with Gasteiger partial charge in [-0.05, 0) is 65.5 Å². The summed E-state index contributed by atoms with van der Waals surface area (Å²) in [5.74, 6) is 0.245. The molecule has 0 saturated carbocycles. The minimum Gasteiger partial charge on any atom is -0.508 e. The summed E-state index contributed by atoms with van der Waals surface area (Å²) in [5.41, 5.74) is 7.06. The first-order valence-corrected chi connectivity index (χ1v) is 10.5. The van der Waals surface area contributed by atoms with Gasteiger partial charge in [-0.15, -0.1) is 12.4 Å². The third kappa shape index (κ3) is 4.36. The van der Waals surface area contributed by atoms with Gasteiger partial charge in [0.05, 0.1) is 33.8 Å². The van der Waals surface area contributed by atoms with Crippen molar-refractivity contribution in [3.8, 4) is 39.8 Å². The molecule has 0 unspecified atom stereocenters. The van der Waals surface area contributed by atoms with E-state index in [9.17, 15) is 14.7 Å². The number of phenolic OH excluding ortho intramolecular Hbond substituents is 1. The molecule has 188 valence electrons. The van der Waals surface area contributed by atoms with Crippen molar-refractivity contribution in [1.82, 2.24) is 4.57 Å². The summed E-state index contributed by atoms with van der Waals surface area (Å²) in [5, 5.41) is 10.8. The molecule has 3 aromatic carbocycles. The van der Waals surface area contributed by atoms with Gasteiger partial charge in [-0.1, -0.05) is 0 Å². The number of phenols is 1. The van der Waals surface area contributed by atoms with E-state index >= 15 is 0 Å². The Bertz CT molecular complexity index is 1470. The van der Waals surface area contributed by atoms with E-state index in [1.54, 1.807) is 42.5 Å². The molecule has 0 spiro atoms. The molecule has 1 aromatic heterocycles. The van der Waals surface area contributed by atoms with Crippen LogP contribution in [0.3, 0.4) is 0 Å². The van der Waals surface area contributed by atoms with Crippen LogP contribution in [0.15, 0.2) is 59.4 Å². The SMILES string of the molecule is COC(=O)c1c(-c2cc(OC)c(OC)c(OC)c2)c2ccc(O)cc2c(=O)n1-c1ccc(N)cc1.Cl. The Kier molecular flexibility index (Phi) is 7.65. The average molecular weight is 513 g/mol. The number of halogens is 1. The summed E-state index contributed by atoms with van der Waals surface area (Å²) in [6, 6.07) is 14.2. The lowest BCUT2D eigenvalue weighted by molar-refractivity contribution is 0.0591. The van der Waals surface area contributed by atoms with Crippen molar-refractivity contribution in [2.75, 3.05) is 34.2 Å². The fourth-order valence-electron chi connectivity index (χ4n) is 4.07. The van der Waals surface area contributed by atoms with Gasteiger partial charge >= 0.3 is 5.97 Å². The number of rotatable bonds is 6. The number of methoxy groups -OCH3 is 4. The van der Waals surface area contributed by atoms with Gasteiger partial charge in [-0.25, -0.2) is 4.79 Å². The van der Waals surface area contributed by atoms with Gasteiger partial charge in [-0.3, -0.25) is 9.36 Å². The molecule has 0 aliphatic rings. The van der Waals surface area contributed by atoms with Crippen LogP contribution in [0.2, 0.25) is 0 Å². The minimum atomic E-state index is -0.738. The van der Waals surface area contributed by atoms with Crippen LogP contribution in [0.4, 0.5) is 5.69 Å². The molecular weight excluding hydrogens is 488 g/mol. The van der Waals surface area contributed by atoms with E-state index in [0.29, 0.717) is 45.1 Å². The van der Waals surface area contributed by atoms with E-state index in [2.05, 4.69) is 0 Å². The molecule has 0 aliphatic heterocycles. The molecule has 0 saturated heterocycles. The number of ether oxygens (including phenoxy) is 4.